The molecule has 0 amide bonds. The van der Waals surface area contributed by atoms with Crippen LogP contribution in [-0.4, -0.2) is 60.3 Å². The first-order chi connectivity index (χ1) is 39.1. The minimum Gasteiger partial charge on any atom is -0.505 e. The van der Waals surface area contributed by atoms with Crippen LogP contribution in [0.25, 0.3) is 50.2 Å². The summed E-state index contributed by atoms with van der Waals surface area (Å²) in [5.74, 6) is 0.361. The third-order valence-electron chi connectivity index (χ3n) is 16.2. The average molecular weight is 1110 g/mol. The van der Waals surface area contributed by atoms with E-state index in [1.807, 2.05) is 115 Å². The topological polar surface area (TPSA) is 153 Å². The molecule has 0 spiro atoms. The van der Waals surface area contributed by atoms with E-state index in [2.05, 4.69) is 162 Å². The van der Waals surface area contributed by atoms with E-state index in [4.69, 9.17) is 20.4 Å². The molecule has 3 heterocycles. The van der Waals surface area contributed by atoms with Crippen molar-refractivity contribution in [2.24, 2.45) is 10.8 Å². The third-order valence-corrected chi connectivity index (χ3v) is 16.2. The number of rotatable bonds is 13. The van der Waals surface area contributed by atoms with Gasteiger partial charge < -0.3 is 15.3 Å². The molecule has 0 saturated carbocycles. The number of hydrogen-bond donors (Lipinski definition) is 3. The monoisotopic (exact) mass is 1110 g/mol. The lowest BCUT2D eigenvalue weighted by molar-refractivity contribution is 0.283. The van der Waals surface area contributed by atoms with Crippen LogP contribution in [0.4, 0.5) is 0 Å². The molecule has 0 aliphatic carbocycles. The van der Waals surface area contributed by atoms with Gasteiger partial charge in [0.05, 0.1) is 0 Å². The summed E-state index contributed by atoms with van der Waals surface area (Å²) in [6.45, 7) is 31.2. The summed E-state index contributed by atoms with van der Waals surface area (Å²) in [6.07, 6.45) is 2.11. The molecule has 0 aliphatic heterocycles. The van der Waals surface area contributed by atoms with E-state index in [9.17, 15) is 15.3 Å². The Bertz CT molecular complexity index is 3880. The van der Waals surface area contributed by atoms with E-state index in [-0.39, 0.29) is 50.7 Å². The number of fused-ring (bicyclic) bond motifs is 3. The summed E-state index contributed by atoms with van der Waals surface area (Å²) in [5, 5.41) is 63.9. The Morgan fingerprint density at radius 1 is 0.313 bits per heavy atom. The molecule has 3 aromatic heterocycles. The summed E-state index contributed by atoms with van der Waals surface area (Å²) >= 11 is 0. The predicted octanol–water partition coefficient (Wildman–Crippen LogP) is 16.4. The van der Waals surface area contributed by atoms with Crippen LogP contribution in [0.5, 0.6) is 17.2 Å². The van der Waals surface area contributed by atoms with Gasteiger partial charge in [0.2, 0.25) is 0 Å². The smallest absolute Gasteiger partial charge is 0.147 e. The van der Waals surface area contributed by atoms with Crippen molar-refractivity contribution in [1.29, 1.82) is 0 Å². The summed E-state index contributed by atoms with van der Waals surface area (Å²) in [4.78, 5) is 4.64. The van der Waals surface area contributed by atoms with E-state index in [1.54, 1.807) is 4.80 Å². The molecule has 83 heavy (non-hydrogen) atoms. The van der Waals surface area contributed by atoms with Gasteiger partial charge in [0.25, 0.3) is 0 Å². The average Bonchev–Trinajstić information content (AvgIpc) is 3.99. The van der Waals surface area contributed by atoms with Gasteiger partial charge in [0.1, 0.15) is 67.4 Å². The fourth-order valence-corrected chi connectivity index (χ4v) is 12.3. The molecule has 0 fully saturated rings. The van der Waals surface area contributed by atoms with Crippen LogP contribution in [0, 0.1) is 10.8 Å². The van der Waals surface area contributed by atoms with E-state index >= 15 is 0 Å². The molecule has 11 aromatic rings. The first-order valence-electron chi connectivity index (χ1n) is 28.8. The van der Waals surface area contributed by atoms with Crippen molar-refractivity contribution in [3.05, 3.63) is 214 Å². The molecular formula is C71H79N9O3. The number of benzene rings is 8. The second-order valence-corrected chi connectivity index (χ2v) is 27.2. The quantitative estimate of drug-likeness (QED) is 0.102. The largest absolute Gasteiger partial charge is 0.505 e. The highest BCUT2D eigenvalue weighted by atomic mass is 16.3. The van der Waals surface area contributed by atoms with Gasteiger partial charge in [0, 0.05) is 33.9 Å². The number of phenols is 3. The summed E-state index contributed by atoms with van der Waals surface area (Å²) in [5.41, 5.74) is 12.9. The first-order valence-corrected chi connectivity index (χ1v) is 28.8. The van der Waals surface area contributed by atoms with Crippen molar-refractivity contribution >= 4 is 33.1 Å². The lowest BCUT2D eigenvalue weighted by Crippen LogP contribution is -2.25. The molecule has 11 rings (SSSR count). The maximum atomic E-state index is 12.0. The Morgan fingerprint density at radius 2 is 0.602 bits per heavy atom. The Kier molecular flexibility index (Phi) is 15.0. The zero-order valence-electron chi connectivity index (χ0n) is 50.7. The van der Waals surface area contributed by atoms with Gasteiger partial charge in [-0.2, -0.15) is 0 Å². The highest BCUT2D eigenvalue weighted by Gasteiger charge is 2.35. The van der Waals surface area contributed by atoms with Crippen LogP contribution in [0.2, 0.25) is 0 Å². The van der Waals surface area contributed by atoms with Crippen LogP contribution in [0.1, 0.15) is 154 Å². The van der Waals surface area contributed by atoms with E-state index in [1.165, 1.54) is 15.2 Å². The van der Waals surface area contributed by atoms with Gasteiger partial charge in [-0.05, 0) is 117 Å². The normalized spacial score (nSPS) is 12.7. The SMILES string of the molecule is CC(C)(C)CC(C)(C)c1cc(Cc2cc(C(C)(C)CC(C)(C)C)cc(-n3nc4ccccc4n3)c2O)c(O)c(-n2nc3ccccc3n2)c1.CC(C)(c1ccccc1)c1cc(-n2nc3ccccc3n2)c(O)c(C(C)(C)c2ccccc2)c1. The molecule has 0 unspecified atom stereocenters. The number of aromatic nitrogens is 9. The number of aromatic hydroxyl groups is 3. The molecule has 0 saturated heterocycles. The van der Waals surface area contributed by atoms with E-state index in [0.29, 0.717) is 28.2 Å². The van der Waals surface area contributed by atoms with Crippen molar-refractivity contribution in [3.63, 3.8) is 0 Å². The van der Waals surface area contributed by atoms with Crippen LogP contribution in [0.3, 0.4) is 0 Å². The number of nitrogens with zero attached hydrogens (tertiary/aromatic N) is 9. The van der Waals surface area contributed by atoms with Gasteiger partial charge in [-0.15, -0.1) is 45.0 Å². The minimum atomic E-state index is -0.435. The lowest BCUT2D eigenvalue weighted by atomic mass is 9.71. The summed E-state index contributed by atoms with van der Waals surface area (Å²) < 4.78 is 0. The van der Waals surface area contributed by atoms with Crippen LogP contribution in [-0.2, 0) is 28.1 Å². The molecule has 0 bridgehead atoms. The summed E-state index contributed by atoms with van der Waals surface area (Å²) in [6, 6.07) is 56.3. The minimum absolute atomic E-state index is 0.0702. The third kappa shape index (κ3) is 12.0. The van der Waals surface area contributed by atoms with Crippen molar-refractivity contribution in [3.8, 4) is 34.3 Å². The Labute approximate surface area is 488 Å². The molecule has 12 nitrogen and oxygen atoms in total. The zero-order chi connectivity index (χ0) is 59.4. The Balaban J connectivity index is 0.000000198. The van der Waals surface area contributed by atoms with Crippen LogP contribution >= 0.6 is 0 Å². The maximum absolute atomic E-state index is 12.0. The molecule has 12 heteroatoms. The highest BCUT2D eigenvalue weighted by molar-refractivity contribution is 5.76. The number of hydrogen-bond acceptors (Lipinski definition) is 9. The Morgan fingerprint density at radius 3 is 0.928 bits per heavy atom. The molecule has 0 atom stereocenters. The second kappa shape index (κ2) is 21.6. The summed E-state index contributed by atoms with van der Waals surface area (Å²) in [7, 11) is 0. The lowest BCUT2D eigenvalue weighted by Gasteiger charge is -2.34. The molecule has 0 radical (unpaired) electrons. The fraction of sp³-hybridized carbons (Fsp3) is 0.324. The van der Waals surface area contributed by atoms with E-state index < -0.39 is 5.41 Å². The fourth-order valence-electron chi connectivity index (χ4n) is 12.3. The number of phenolic OH excluding ortho intramolecular Hbond substituents is 3. The Hall–Kier alpha value is -8.64. The predicted molar refractivity (Wildman–Crippen MR) is 336 cm³/mol. The van der Waals surface area contributed by atoms with Gasteiger partial charge in [-0.25, -0.2) is 0 Å². The van der Waals surface area contributed by atoms with Crippen molar-refractivity contribution in [2.45, 2.75) is 138 Å². The van der Waals surface area contributed by atoms with Crippen molar-refractivity contribution in [2.75, 3.05) is 0 Å². The molecule has 8 aromatic carbocycles. The van der Waals surface area contributed by atoms with Gasteiger partial charge in [-0.3, -0.25) is 0 Å². The van der Waals surface area contributed by atoms with Crippen LogP contribution in [0.15, 0.2) is 170 Å². The molecule has 426 valence electrons. The van der Waals surface area contributed by atoms with Crippen molar-refractivity contribution in [1.82, 2.24) is 45.0 Å². The maximum Gasteiger partial charge on any atom is 0.147 e. The zero-order valence-corrected chi connectivity index (χ0v) is 50.7. The van der Waals surface area contributed by atoms with E-state index in [0.717, 1.165) is 73.8 Å². The molecule has 0 aliphatic rings. The second-order valence-electron chi connectivity index (χ2n) is 27.2. The van der Waals surface area contributed by atoms with Gasteiger partial charge in [0.15, 0.2) is 0 Å². The molecular weight excluding hydrogens is 1030 g/mol. The standard InChI is InChI=1S/C41H50N6O2.C30H29N3O/c1-38(2,3)24-40(7,8)28-20-26(36(48)34(22-28)46-42-30-15-11-12-16-31(30)43-46)19-27-21-29(41(9,10)25-39(4,5)6)23-35(37(27)49)47-44-32-17-13-14-18-33(32)45-47;1-29(2,21-13-7-5-8-14-21)23-19-24(30(3,4)22-15-9-6-10-16-22)28(34)27(20-23)33-31-25-17-11-12-18-26(25)32-33/h11-18,20-23,48-49H,19,24-25H2,1-10H3;5-20,34H,1-4H3. The first kappa shape index (κ1) is 57.6. The highest BCUT2D eigenvalue weighted by Crippen LogP contribution is 2.46. The van der Waals surface area contributed by atoms with Gasteiger partial charge >= 0.3 is 0 Å². The van der Waals surface area contributed by atoms with Crippen LogP contribution < -0.4 is 0 Å². The van der Waals surface area contributed by atoms with Gasteiger partial charge in [-0.1, -0.05) is 212 Å². The molecule has 3 N–H and O–H groups in total. The van der Waals surface area contributed by atoms with Crippen molar-refractivity contribution < 1.29 is 15.3 Å².